The molecule has 1 aliphatic heterocycles. The average Bonchev–Trinajstić information content (AvgIpc) is 2.96. The lowest BCUT2D eigenvalue weighted by atomic mass is 9.97. The van der Waals surface area contributed by atoms with Crippen molar-refractivity contribution in [3.8, 4) is 0 Å². The number of piperidine rings is 1. The minimum Gasteiger partial charge on any atom is -0.310 e. The SMILES string of the molecule is Fc1ccccc1C1CC2CC2CN1. The van der Waals surface area contributed by atoms with Crippen molar-refractivity contribution in [3.05, 3.63) is 35.6 Å². The molecule has 1 aliphatic carbocycles. The lowest BCUT2D eigenvalue weighted by Crippen LogP contribution is -2.29. The molecule has 14 heavy (non-hydrogen) atoms. The van der Waals surface area contributed by atoms with E-state index < -0.39 is 0 Å². The Morgan fingerprint density at radius 3 is 2.79 bits per heavy atom. The fourth-order valence-corrected chi connectivity index (χ4v) is 2.52. The molecule has 1 N–H and O–H groups in total. The van der Waals surface area contributed by atoms with Gasteiger partial charge in [0, 0.05) is 11.6 Å². The summed E-state index contributed by atoms with van der Waals surface area (Å²) in [6, 6.07) is 7.37. The summed E-state index contributed by atoms with van der Waals surface area (Å²) < 4.78 is 13.5. The van der Waals surface area contributed by atoms with Crippen LogP contribution in [0.15, 0.2) is 24.3 Å². The minimum absolute atomic E-state index is 0.0656. The van der Waals surface area contributed by atoms with Crippen LogP contribution in [0.1, 0.15) is 24.4 Å². The second kappa shape index (κ2) is 3.06. The van der Waals surface area contributed by atoms with Crippen LogP contribution in [0, 0.1) is 17.7 Å². The third kappa shape index (κ3) is 1.34. The molecule has 74 valence electrons. The topological polar surface area (TPSA) is 12.0 Å². The summed E-state index contributed by atoms with van der Waals surface area (Å²) in [6.07, 6.45) is 2.46. The van der Waals surface area contributed by atoms with Crippen LogP contribution >= 0.6 is 0 Å². The van der Waals surface area contributed by atoms with Gasteiger partial charge in [-0.05, 0) is 37.3 Å². The first-order valence-electron chi connectivity index (χ1n) is 5.32. The van der Waals surface area contributed by atoms with Crippen LogP contribution < -0.4 is 5.32 Å². The molecule has 2 fully saturated rings. The summed E-state index contributed by atoms with van der Waals surface area (Å²) >= 11 is 0. The average molecular weight is 191 g/mol. The lowest BCUT2D eigenvalue weighted by Gasteiger charge is -2.23. The van der Waals surface area contributed by atoms with Gasteiger partial charge in [0.15, 0.2) is 0 Å². The van der Waals surface area contributed by atoms with Gasteiger partial charge in [0.05, 0.1) is 0 Å². The standard InChI is InChI=1S/C12H14FN/c13-11-4-2-1-3-10(11)12-6-8-5-9(8)7-14-12/h1-4,8-9,12,14H,5-7H2. The Balaban J connectivity index is 1.84. The minimum atomic E-state index is -0.0656. The highest BCUT2D eigenvalue weighted by Crippen LogP contribution is 2.47. The molecule has 1 nitrogen and oxygen atoms in total. The number of benzene rings is 1. The van der Waals surface area contributed by atoms with Gasteiger partial charge in [0.1, 0.15) is 5.82 Å². The van der Waals surface area contributed by atoms with E-state index in [1.807, 2.05) is 12.1 Å². The van der Waals surface area contributed by atoms with Gasteiger partial charge in [0.2, 0.25) is 0 Å². The molecule has 0 bridgehead atoms. The van der Waals surface area contributed by atoms with E-state index in [-0.39, 0.29) is 11.9 Å². The van der Waals surface area contributed by atoms with Crippen LogP contribution in [0.4, 0.5) is 4.39 Å². The quantitative estimate of drug-likeness (QED) is 0.719. The van der Waals surface area contributed by atoms with Crippen LogP contribution in [-0.2, 0) is 0 Å². The Hall–Kier alpha value is -0.890. The predicted octanol–water partition coefficient (Wildman–Crippen LogP) is 2.50. The van der Waals surface area contributed by atoms with Gasteiger partial charge in [-0.1, -0.05) is 18.2 Å². The maximum absolute atomic E-state index is 13.5. The largest absolute Gasteiger partial charge is 0.310 e. The normalized spacial score (nSPS) is 35.1. The highest BCUT2D eigenvalue weighted by atomic mass is 19.1. The van der Waals surface area contributed by atoms with Crippen molar-refractivity contribution in [3.63, 3.8) is 0 Å². The van der Waals surface area contributed by atoms with Crippen LogP contribution in [0.2, 0.25) is 0 Å². The zero-order valence-corrected chi connectivity index (χ0v) is 8.04. The number of hydrogen-bond donors (Lipinski definition) is 1. The number of rotatable bonds is 1. The van der Waals surface area contributed by atoms with E-state index in [0.29, 0.717) is 0 Å². The molecule has 0 radical (unpaired) electrons. The van der Waals surface area contributed by atoms with Crippen molar-refractivity contribution in [1.29, 1.82) is 0 Å². The smallest absolute Gasteiger partial charge is 0.127 e. The van der Waals surface area contributed by atoms with E-state index in [0.717, 1.165) is 30.4 Å². The van der Waals surface area contributed by atoms with Gasteiger partial charge < -0.3 is 5.32 Å². The molecule has 1 saturated carbocycles. The fourth-order valence-electron chi connectivity index (χ4n) is 2.52. The zero-order valence-electron chi connectivity index (χ0n) is 8.04. The molecule has 0 amide bonds. The highest BCUT2D eigenvalue weighted by Gasteiger charge is 2.42. The predicted molar refractivity (Wildman–Crippen MR) is 53.4 cm³/mol. The van der Waals surface area contributed by atoms with Crippen molar-refractivity contribution in [2.24, 2.45) is 11.8 Å². The summed E-state index contributed by atoms with van der Waals surface area (Å²) in [4.78, 5) is 0. The Bertz CT molecular complexity index is 350. The van der Waals surface area contributed by atoms with Crippen LogP contribution in [0.5, 0.6) is 0 Å². The second-order valence-corrected chi connectivity index (χ2v) is 4.47. The number of fused-ring (bicyclic) bond motifs is 1. The van der Waals surface area contributed by atoms with Gasteiger partial charge in [-0.15, -0.1) is 0 Å². The van der Waals surface area contributed by atoms with E-state index in [2.05, 4.69) is 5.32 Å². The van der Waals surface area contributed by atoms with E-state index in [9.17, 15) is 4.39 Å². The molecule has 3 atom stereocenters. The van der Waals surface area contributed by atoms with Gasteiger partial charge in [0.25, 0.3) is 0 Å². The number of hydrogen-bond acceptors (Lipinski definition) is 1. The molecule has 3 rings (SSSR count). The van der Waals surface area contributed by atoms with E-state index in [4.69, 9.17) is 0 Å². The highest BCUT2D eigenvalue weighted by molar-refractivity contribution is 5.22. The van der Waals surface area contributed by atoms with Crippen molar-refractivity contribution in [2.45, 2.75) is 18.9 Å². The summed E-state index contributed by atoms with van der Waals surface area (Å²) in [7, 11) is 0. The molecule has 0 aromatic heterocycles. The Kier molecular flexibility index (Phi) is 1.84. The molecule has 2 aliphatic rings. The molecule has 1 saturated heterocycles. The van der Waals surface area contributed by atoms with Crippen molar-refractivity contribution in [1.82, 2.24) is 5.32 Å². The van der Waals surface area contributed by atoms with Crippen molar-refractivity contribution in [2.75, 3.05) is 6.54 Å². The Labute approximate surface area is 83.3 Å². The van der Waals surface area contributed by atoms with Gasteiger partial charge in [-0.25, -0.2) is 4.39 Å². The molecule has 0 spiro atoms. The molecule has 1 aromatic carbocycles. The molecule has 2 heteroatoms. The fraction of sp³-hybridized carbons (Fsp3) is 0.500. The first-order chi connectivity index (χ1) is 6.84. The maximum Gasteiger partial charge on any atom is 0.127 e. The van der Waals surface area contributed by atoms with E-state index in [1.165, 1.54) is 6.42 Å². The van der Waals surface area contributed by atoms with Gasteiger partial charge in [-0.2, -0.15) is 0 Å². The maximum atomic E-state index is 13.5. The van der Waals surface area contributed by atoms with Gasteiger partial charge >= 0.3 is 0 Å². The van der Waals surface area contributed by atoms with Crippen molar-refractivity contribution < 1.29 is 4.39 Å². The number of nitrogens with one attached hydrogen (secondary N) is 1. The zero-order chi connectivity index (χ0) is 9.54. The van der Waals surface area contributed by atoms with Crippen LogP contribution in [0.25, 0.3) is 0 Å². The molecule has 1 aromatic rings. The first kappa shape index (κ1) is 8.42. The molecular weight excluding hydrogens is 177 g/mol. The monoisotopic (exact) mass is 191 g/mol. The first-order valence-corrected chi connectivity index (χ1v) is 5.32. The third-order valence-electron chi connectivity index (χ3n) is 3.51. The van der Waals surface area contributed by atoms with Crippen LogP contribution in [0.3, 0.4) is 0 Å². The Morgan fingerprint density at radius 2 is 2.00 bits per heavy atom. The Morgan fingerprint density at radius 1 is 1.14 bits per heavy atom. The lowest BCUT2D eigenvalue weighted by molar-refractivity contribution is 0.384. The summed E-state index contributed by atoms with van der Waals surface area (Å²) in [6.45, 7) is 1.07. The summed E-state index contributed by atoms with van der Waals surface area (Å²) in [5, 5.41) is 3.43. The number of halogens is 1. The third-order valence-corrected chi connectivity index (χ3v) is 3.51. The molecule has 3 unspecified atom stereocenters. The molecule has 1 heterocycles. The summed E-state index contributed by atoms with van der Waals surface area (Å²) in [5.74, 6) is 1.68. The van der Waals surface area contributed by atoms with Gasteiger partial charge in [-0.3, -0.25) is 0 Å². The van der Waals surface area contributed by atoms with Crippen molar-refractivity contribution >= 4 is 0 Å². The summed E-state index contributed by atoms with van der Waals surface area (Å²) in [5.41, 5.74) is 0.845. The van der Waals surface area contributed by atoms with E-state index >= 15 is 0 Å². The second-order valence-electron chi connectivity index (χ2n) is 4.47. The molecular formula is C12H14FN. The van der Waals surface area contributed by atoms with Crippen LogP contribution in [-0.4, -0.2) is 6.54 Å². The van der Waals surface area contributed by atoms with E-state index in [1.54, 1.807) is 12.1 Å².